The van der Waals surface area contributed by atoms with E-state index in [-0.39, 0.29) is 27.2 Å². The highest BCUT2D eigenvalue weighted by atomic mass is 35.5. The van der Waals surface area contributed by atoms with Crippen LogP contribution in [0.5, 0.6) is 11.6 Å². The zero-order valence-electron chi connectivity index (χ0n) is 29.0. The number of nitrogens with one attached hydrogen (secondary N) is 1. The summed E-state index contributed by atoms with van der Waals surface area (Å²) in [6.45, 7) is 13.4. The number of benzene rings is 1. The van der Waals surface area contributed by atoms with Crippen molar-refractivity contribution in [2.24, 2.45) is 11.3 Å². The van der Waals surface area contributed by atoms with Crippen LogP contribution in [0.15, 0.2) is 53.6 Å². The fourth-order valence-electron chi connectivity index (χ4n) is 5.85. The van der Waals surface area contributed by atoms with E-state index in [1.54, 1.807) is 29.3 Å². The molecule has 3 aromatic rings. The maximum Gasteiger partial charge on any atom is 0.410 e. The number of hydrogen-bond donors (Lipinski definition) is 1. The molecule has 0 bridgehead atoms. The van der Waals surface area contributed by atoms with Crippen molar-refractivity contribution >= 4 is 33.6 Å². The van der Waals surface area contributed by atoms with Crippen LogP contribution in [-0.4, -0.2) is 71.0 Å². The van der Waals surface area contributed by atoms with Crippen LogP contribution in [0, 0.1) is 11.3 Å². The van der Waals surface area contributed by atoms with E-state index in [0.717, 1.165) is 19.3 Å². The third-order valence-electron chi connectivity index (χ3n) is 8.88. The van der Waals surface area contributed by atoms with Crippen molar-refractivity contribution in [3.63, 3.8) is 0 Å². The molecule has 0 radical (unpaired) electrons. The van der Waals surface area contributed by atoms with Gasteiger partial charge < -0.3 is 19.1 Å². The first-order valence-corrected chi connectivity index (χ1v) is 18.5. The predicted molar refractivity (Wildman–Crippen MR) is 185 cm³/mol. The number of rotatable bonds is 13. The highest BCUT2D eigenvalue weighted by molar-refractivity contribution is 7.90. The van der Waals surface area contributed by atoms with Crippen molar-refractivity contribution in [1.29, 1.82) is 0 Å². The number of carbonyl (C=O) groups is 2. The van der Waals surface area contributed by atoms with Gasteiger partial charge in [0.2, 0.25) is 5.88 Å². The lowest BCUT2D eigenvalue weighted by Gasteiger charge is -2.33. The molecule has 1 aliphatic heterocycles. The maximum absolute atomic E-state index is 13.1. The van der Waals surface area contributed by atoms with E-state index in [4.69, 9.17) is 25.8 Å². The second-order valence-electron chi connectivity index (χ2n) is 14.9. The van der Waals surface area contributed by atoms with Crippen molar-refractivity contribution in [1.82, 2.24) is 24.4 Å². The molecule has 1 atom stereocenters. The van der Waals surface area contributed by atoms with Gasteiger partial charge in [-0.25, -0.2) is 27.6 Å². The molecule has 3 heterocycles. The molecular weight excluding hydrogens is 670 g/mol. The fourth-order valence-corrected chi connectivity index (χ4v) is 7.08. The molecule has 1 aromatic carbocycles. The van der Waals surface area contributed by atoms with Crippen LogP contribution in [0.3, 0.4) is 0 Å². The molecule has 14 heteroatoms. The molecule has 2 fully saturated rings. The first-order valence-electron chi connectivity index (χ1n) is 16.6. The molecule has 12 nitrogen and oxygen atoms in total. The highest BCUT2D eigenvalue weighted by Gasteiger charge is 2.42. The summed E-state index contributed by atoms with van der Waals surface area (Å²) in [6.07, 6.45) is 7.16. The second-order valence-corrected chi connectivity index (χ2v) is 16.9. The molecule has 1 saturated heterocycles. The Kier molecular flexibility index (Phi) is 10.5. The van der Waals surface area contributed by atoms with Gasteiger partial charge in [-0.15, -0.1) is 5.10 Å². The minimum atomic E-state index is -4.25. The van der Waals surface area contributed by atoms with E-state index >= 15 is 0 Å². The molecule has 1 aliphatic carbocycles. The quantitative estimate of drug-likeness (QED) is 0.149. The molecule has 49 heavy (non-hydrogen) atoms. The van der Waals surface area contributed by atoms with Gasteiger partial charge in [0, 0.05) is 30.4 Å². The number of ether oxygens (including phenoxy) is 3. The van der Waals surface area contributed by atoms with E-state index in [0.29, 0.717) is 55.0 Å². The Balaban J connectivity index is 1.12. The second kappa shape index (κ2) is 14.2. The van der Waals surface area contributed by atoms with E-state index in [9.17, 15) is 18.0 Å². The van der Waals surface area contributed by atoms with Crippen LogP contribution >= 0.6 is 11.6 Å². The van der Waals surface area contributed by atoms with E-state index in [1.165, 1.54) is 41.8 Å². The van der Waals surface area contributed by atoms with Crippen LogP contribution in [0.2, 0.25) is 5.15 Å². The van der Waals surface area contributed by atoms with Crippen LogP contribution in [0.25, 0.3) is 5.82 Å². The molecule has 1 N–H and O–H groups in total. The summed E-state index contributed by atoms with van der Waals surface area (Å²) in [5, 5.41) is 4.18. The molecule has 5 rings (SSSR count). The Morgan fingerprint density at radius 3 is 2.51 bits per heavy atom. The molecule has 2 aliphatic rings. The third-order valence-corrected chi connectivity index (χ3v) is 10.5. The zero-order chi connectivity index (χ0) is 35.6. The monoisotopic (exact) mass is 715 g/mol. The number of halogens is 1. The third kappa shape index (κ3) is 9.66. The Morgan fingerprint density at radius 1 is 1.06 bits per heavy atom. The minimum Gasteiger partial charge on any atom is -0.494 e. The molecule has 266 valence electrons. The average Bonchev–Trinajstić information content (AvgIpc) is 3.40. The number of nitrogens with zero attached hydrogens (tertiary/aromatic N) is 4. The van der Waals surface area contributed by atoms with Crippen molar-refractivity contribution in [3.8, 4) is 17.4 Å². The molecule has 2 amide bonds. The van der Waals surface area contributed by atoms with E-state index in [2.05, 4.69) is 21.7 Å². The van der Waals surface area contributed by atoms with Gasteiger partial charge in [0.1, 0.15) is 16.5 Å². The smallest absolute Gasteiger partial charge is 0.410 e. The highest BCUT2D eigenvalue weighted by Crippen LogP contribution is 2.48. The van der Waals surface area contributed by atoms with E-state index < -0.39 is 21.5 Å². The van der Waals surface area contributed by atoms with Crippen molar-refractivity contribution in [2.45, 2.75) is 96.1 Å². The Bertz CT molecular complexity index is 1780. The van der Waals surface area contributed by atoms with Gasteiger partial charge in [-0.3, -0.25) is 4.79 Å². The van der Waals surface area contributed by atoms with Gasteiger partial charge >= 0.3 is 6.09 Å². The SMILES string of the molecule is CC1(CCOc2ccn(-c3ccc(C(=O)NS(=O)(=O)c4cccc(OCCC[C@@H]5CN(C(=O)OC(C)(C)C)C(C)(C)C5)c4)c(Cl)n3)n2)CC1. The van der Waals surface area contributed by atoms with Crippen LogP contribution in [0.4, 0.5) is 4.79 Å². The van der Waals surface area contributed by atoms with Gasteiger partial charge in [0.05, 0.1) is 23.7 Å². The Morgan fingerprint density at radius 2 is 1.82 bits per heavy atom. The summed E-state index contributed by atoms with van der Waals surface area (Å²) < 4.78 is 47.0. The molecule has 0 spiro atoms. The minimum absolute atomic E-state index is 0.108. The summed E-state index contributed by atoms with van der Waals surface area (Å²) in [5.74, 6) is 0.514. The van der Waals surface area contributed by atoms with Crippen LogP contribution < -0.4 is 14.2 Å². The number of pyridine rings is 1. The van der Waals surface area contributed by atoms with Crippen LogP contribution in [-0.2, 0) is 14.8 Å². The predicted octanol–water partition coefficient (Wildman–Crippen LogP) is 6.80. The molecular formula is C35H46ClN5O7S. The summed E-state index contributed by atoms with van der Waals surface area (Å²) >= 11 is 6.32. The number of likely N-dealkylation sites (tertiary alicyclic amines) is 1. The van der Waals surface area contributed by atoms with Gasteiger partial charge in [0.25, 0.3) is 15.9 Å². The standard InChI is InChI=1S/C35H46ClN5O7S/c1-33(2,3)48-32(43)40-23-24(22-34(40,4)5)9-8-19-46-25-10-7-11-26(21-25)49(44,45)39-31(42)27-12-13-28(37-30(27)36)41-18-14-29(38-41)47-20-17-35(6)15-16-35/h7,10-14,18,21,24H,8-9,15-17,19-20,22-23H2,1-6H3,(H,39,42)/t24-/m0/s1. The van der Waals surface area contributed by atoms with Gasteiger partial charge in [0.15, 0.2) is 5.82 Å². The summed E-state index contributed by atoms with van der Waals surface area (Å²) in [4.78, 5) is 31.6. The number of hydrogen-bond acceptors (Lipinski definition) is 9. The summed E-state index contributed by atoms with van der Waals surface area (Å²) in [7, 11) is -4.25. The topological polar surface area (TPSA) is 142 Å². The average molecular weight is 716 g/mol. The largest absolute Gasteiger partial charge is 0.494 e. The lowest BCUT2D eigenvalue weighted by molar-refractivity contribution is 0.0130. The molecule has 0 unspecified atom stereocenters. The Labute approximate surface area is 293 Å². The molecule has 2 aromatic heterocycles. The maximum atomic E-state index is 13.1. The summed E-state index contributed by atoms with van der Waals surface area (Å²) in [6, 6.07) is 10.6. The number of amides is 2. The fraction of sp³-hybridized carbons (Fsp3) is 0.543. The normalized spacial score (nSPS) is 18.2. The first-order chi connectivity index (χ1) is 22.9. The molecule has 1 saturated carbocycles. The van der Waals surface area contributed by atoms with Crippen LogP contribution in [0.1, 0.15) is 90.4 Å². The van der Waals surface area contributed by atoms with Gasteiger partial charge in [-0.1, -0.05) is 24.6 Å². The zero-order valence-corrected chi connectivity index (χ0v) is 30.6. The van der Waals surface area contributed by atoms with Crippen molar-refractivity contribution < 1.29 is 32.2 Å². The van der Waals surface area contributed by atoms with Crippen molar-refractivity contribution in [3.05, 3.63) is 59.4 Å². The number of aromatic nitrogens is 3. The van der Waals surface area contributed by atoms with Crippen molar-refractivity contribution in [2.75, 3.05) is 19.8 Å². The first kappa shape index (κ1) is 36.4. The lowest BCUT2D eigenvalue weighted by atomic mass is 9.93. The van der Waals surface area contributed by atoms with Gasteiger partial charge in [-0.05, 0) is 109 Å². The van der Waals surface area contributed by atoms with E-state index in [1.807, 2.05) is 34.6 Å². The van der Waals surface area contributed by atoms with Gasteiger partial charge in [-0.2, -0.15) is 0 Å². The number of carbonyl (C=O) groups excluding carboxylic acids is 2. The summed E-state index contributed by atoms with van der Waals surface area (Å²) in [5.41, 5.74) is -0.602. The lowest BCUT2D eigenvalue weighted by Crippen LogP contribution is -2.45. The Hall–Kier alpha value is -3.84. The number of sulfonamides is 1.